The summed E-state index contributed by atoms with van der Waals surface area (Å²) in [5, 5.41) is 10.2. The minimum Gasteiger partial charge on any atom is -0.337 e. The Bertz CT molecular complexity index is 1110. The lowest BCUT2D eigenvalue weighted by molar-refractivity contribution is 0.600. The Balaban J connectivity index is 1.58. The summed E-state index contributed by atoms with van der Waals surface area (Å²) < 4.78 is 28.9. The van der Waals surface area contributed by atoms with Crippen LogP contribution in [-0.2, 0) is 17.1 Å². The first-order chi connectivity index (χ1) is 13.4. The molecule has 0 spiro atoms. The van der Waals surface area contributed by atoms with Crippen molar-refractivity contribution in [2.75, 3.05) is 15.4 Å². The van der Waals surface area contributed by atoms with Crippen LogP contribution in [0.25, 0.3) is 0 Å². The smallest absolute Gasteiger partial charge is 0.235 e. The summed E-state index contributed by atoms with van der Waals surface area (Å²) >= 11 is 6.23. The highest BCUT2D eigenvalue weighted by Crippen LogP contribution is 2.33. The molecule has 28 heavy (non-hydrogen) atoms. The number of hydrogen-bond donors (Lipinski definition) is 3. The molecule has 9 nitrogen and oxygen atoms in total. The van der Waals surface area contributed by atoms with Crippen LogP contribution in [0.5, 0.6) is 0 Å². The number of para-hydroxylation sites is 2. The van der Waals surface area contributed by atoms with Crippen molar-refractivity contribution in [1.29, 1.82) is 0 Å². The van der Waals surface area contributed by atoms with Crippen molar-refractivity contribution in [2.24, 2.45) is 7.05 Å². The number of aryl methyl sites for hydroxylation is 1. The molecule has 2 aromatic heterocycles. The van der Waals surface area contributed by atoms with E-state index in [2.05, 4.69) is 30.4 Å². The molecule has 11 heteroatoms. The van der Waals surface area contributed by atoms with E-state index >= 15 is 0 Å². The van der Waals surface area contributed by atoms with E-state index in [1.807, 2.05) is 0 Å². The number of hydrogen-bond acceptors (Lipinski definition) is 7. The maximum absolute atomic E-state index is 12.3. The molecule has 1 fully saturated rings. The average molecular weight is 420 g/mol. The van der Waals surface area contributed by atoms with Crippen molar-refractivity contribution in [3.8, 4) is 0 Å². The summed E-state index contributed by atoms with van der Waals surface area (Å²) in [4.78, 5) is 8.53. The lowest BCUT2D eigenvalue weighted by atomic mass is 10.2. The zero-order valence-electron chi connectivity index (χ0n) is 14.9. The molecular weight excluding hydrogens is 402 g/mol. The predicted molar refractivity (Wildman–Crippen MR) is 109 cm³/mol. The fraction of sp³-hybridized carbons (Fsp3) is 0.235. The Morgan fingerprint density at radius 1 is 1.14 bits per heavy atom. The maximum atomic E-state index is 12.3. The third kappa shape index (κ3) is 4.18. The number of aromatic nitrogens is 4. The maximum Gasteiger partial charge on any atom is 0.235 e. The molecule has 0 radical (unpaired) electrons. The van der Waals surface area contributed by atoms with Gasteiger partial charge in [0.1, 0.15) is 5.02 Å². The van der Waals surface area contributed by atoms with E-state index in [-0.39, 0.29) is 5.25 Å². The van der Waals surface area contributed by atoms with Crippen LogP contribution >= 0.6 is 11.6 Å². The summed E-state index contributed by atoms with van der Waals surface area (Å²) in [5.74, 6) is 0.678. The van der Waals surface area contributed by atoms with Gasteiger partial charge in [-0.25, -0.2) is 13.4 Å². The molecule has 3 N–H and O–H groups in total. The number of nitrogens with one attached hydrogen (secondary N) is 3. The lowest BCUT2D eigenvalue weighted by Crippen LogP contribution is -2.18. The standard InChI is InChI=1S/C17H18ClN7O2S/c1-25-10-11(8-20-25)21-17-19-9-13(18)16(23-17)22-14-4-2-3-5-15(14)24-28(26,27)12-6-7-12/h2-5,8-10,12,24H,6-7H2,1H3,(H2,19,21,22,23). The van der Waals surface area contributed by atoms with Gasteiger partial charge in [-0.2, -0.15) is 10.1 Å². The Morgan fingerprint density at radius 3 is 2.57 bits per heavy atom. The molecule has 146 valence electrons. The van der Waals surface area contributed by atoms with Crippen LogP contribution in [0, 0.1) is 0 Å². The fourth-order valence-electron chi connectivity index (χ4n) is 2.55. The van der Waals surface area contributed by atoms with Crippen molar-refractivity contribution < 1.29 is 8.42 Å². The SMILES string of the molecule is Cn1cc(Nc2ncc(Cl)c(Nc3ccccc3NS(=O)(=O)C3CC3)n2)cn1. The van der Waals surface area contributed by atoms with Gasteiger partial charge in [0.05, 0.1) is 34.7 Å². The van der Waals surface area contributed by atoms with Gasteiger partial charge in [-0.05, 0) is 25.0 Å². The van der Waals surface area contributed by atoms with E-state index in [0.717, 1.165) is 5.69 Å². The molecule has 2 heterocycles. The number of anilines is 5. The highest BCUT2D eigenvalue weighted by Gasteiger charge is 2.36. The van der Waals surface area contributed by atoms with E-state index < -0.39 is 10.0 Å². The van der Waals surface area contributed by atoms with Crippen LogP contribution in [0.1, 0.15) is 12.8 Å². The molecule has 0 saturated heterocycles. The summed E-state index contributed by atoms with van der Waals surface area (Å²) in [5.41, 5.74) is 1.71. The quantitative estimate of drug-likeness (QED) is 0.538. The van der Waals surface area contributed by atoms with Gasteiger partial charge in [0, 0.05) is 13.2 Å². The summed E-state index contributed by atoms with van der Waals surface area (Å²) in [6.07, 6.45) is 6.27. The second-order valence-corrected chi connectivity index (χ2v) is 8.80. The van der Waals surface area contributed by atoms with Crippen LogP contribution in [-0.4, -0.2) is 33.4 Å². The fourth-order valence-corrected chi connectivity index (χ4v) is 4.10. The number of sulfonamides is 1. The molecule has 1 aliphatic rings. The van der Waals surface area contributed by atoms with Crippen molar-refractivity contribution in [1.82, 2.24) is 19.7 Å². The average Bonchev–Trinajstić information content (AvgIpc) is 3.44. The van der Waals surface area contributed by atoms with Gasteiger partial charge in [-0.1, -0.05) is 23.7 Å². The lowest BCUT2D eigenvalue weighted by Gasteiger charge is -2.14. The Kier molecular flexibility index (Phi) is 4.82. The zero-order valence-corrected chi connectivity index (χ0v) is 16.5. The van der Waals surface area contributed by atoms with Gasteiger partial charge in [0.25, 0.3) is 0 Å². The first kappa shape index (κ1) is 18.5. The van der Waals surface area contributed by atoms with Gasteiger partial charge in [0.2, 0.25) is 16.0 Å². The highest BCUT2D eigenvalue weighted by molar-refractivity contribution is 7.93. The van der Waals surface area contributed by atoms with E-state index in [0.29, 0.717) is 41.0 Å². The number of rotatable bonds is 7. The predicted octanol–water partition coefficient (Wildman–Crippen LogP) is 3.25. The molecule has 0 amide bonds. The van der Waals surface area contributed by atoms with Crippen LogP contribution in [0.15, 0.2) is 42.9 Å². The molecule has 0 unspecified atom stereocenters. The molecule has 0 atom stereocenters. The number of benzene rings is 1. The summed E-state index contributed by atoms with van der Waals surface area (Å²) in [7, 11) is -1.58. The number of halogens is 1. The summed E-state index contributed by atoms with van der Waals surface area (Å²) in [6, 6.07) is 6.98. The van der Waals surface area contributed by atoms with Crippen molar-refractivity contribution >= 4 is 50.5 Å². The Morgan fingerprint density at radius 2 is 1.89 bits per heavy atom. The van der Waals surface area contributed by atoms with Crippen molar-refractivity contribution in [3.05, 3.63) is 47.9 Å². The minimum absolute atomic E-state index is 0.302. The van der Waals surface area contributed by atoms with E-state index in [9.17, 15) is 8.42 Å². The topological polar surface area (TPSA) is 114 Å². The largest absolute Gasteiger partial charge is 0.337 e. The van der Waals surface area contributed by atoms with Crippen molar-refractivity contribution in [3.63, 3.8) is 0 Å². The Hall–Kier alpha value is -2.85. The summed E-state index contributed by atoms with van der Waals surface area (Å²) in [6.45, 7) is 0. The zero-order chi connectivity index (χ0) is 19.7. The molecule has 1 aliphatic carbocycles. The Labute approximate surface area is 167 Å². The van der Waals surface area contributed by atoms with E-state index in [4.69, 9.17) is 11.6 Å². The van der Waals surface area contributed by atoms with E-state index in [1.54, 1.807) is 48.4 Å². The molecule has 1 saturated carbocycles. The molecule has 0 bridgehead atoms. The van der Waals surface area contributed by atoms with Crippen LogP contribution in [0.3, 0.4) is 0 Å². The molecule has 0 aliphatic heterocycles. The first-order valence-electron chi connectivity index (χ1n) is 8.56. The van der Waals surface area contributed by atoms with Gasteiger partial charge in [0.15, 0.2) is 5.82 Å². The van der Waals surface area contributed by atoms with Crippen LogP contribution < -0.4 is 15.4 Å². The minimum atomic E-state index is -3.39. The second kappa shape index (κ2) is 7.28. The monoisotopic (exact) mass is 419 g/mol. The highest BCUT2D eigenvalue weighted by atomic mass is 35.5. The van der Waals surface area contributed by atoms with Gasteiger partial charge >= 0.3 is 0 Å². The normalized spacial score (nSPS) is 13.9. The number of nitrogens with zero attached hydrogens (tertiary/aromatic N) is 4. The third-order valence-corrected chi connectivity index (χ3v) is 6.23. The molecule has 3 aromatic rings. The van der Waals surface area contributed by atoms with E-state index in [1.165, 1.54) is 6.20 Å². The van der Waals surface area contributed by atoms with Crippen LogP contribution in [0.2, 0.25) is 5.02 Å². The molecular formula is C17H18ClN7O2S. The molecule has 1 aromatic carbocycles. The van der Waals surface area contributed by atoms with Crippen LogP contribution in [0.4, 0.5) is 28.8 Å². The first-order valence-corrected chi connectivity index (χ1v) is 10.5. The van der Waals surface area contributed by atoms with Crippen molar-refractivity contribution in [2.45, 2.75) is 18.1 Å². The third-order valence-electron chi connectivity index (χ3n) is 4.10. The molecule has 4 rings (SSSR count). The van der Waals surface area contributed by atoms with Gasteiger partial charge in [-0.3, -0.25) is 9.40 Å². The van der Waals surface area contributed by atoms with Gasteiger partial charge < -0.3 is 10.6 Å². The van der Waals surface area contributed by atoms with Gasteiger partial charge in [-0.15, -0.1) is 0 Å². The second-order valence-electron chi connectivity index (χ2n) is 6.43.